The normalized spacial score (nSPS) is 16.2. The molecular weight excluding hydrogens is 308 g/mol. The van der Waals surface area contributed by atoms with Gasteiger partial charge in [-0.15, -0.1) is 0 Å². The summed E-state index contributed by atoms with van der Waals surface area (Å²) in [6, 6.07) is 5.52. The maximum Gasteiger partial charge on any atom is 0.322 e. The first-order valence-corrected chi connectivity index (χ1v) is 8.45. The largest absolute Gasteiger partial charge is 0.480 e. The fraction of sp³-hybridized carbons (Fsp3) is 0.429. The second-order valence-electron chi connectivity index (χ2n) is 5.07. The first-order valence-electron chi connectivity index (χ1n) is 7.01. The molecule has 1 aliphatic rings. The molecule has 1 aromatic carbocycles. The third kappa shape index (κ3) is 3.83. The average molecular weight is 326 g/mol. The Balaban J connectivity index is 2.10. The molecule has 22 heavy (non-hydrogen) atoms. The van der Waals surface area contributed by atoms with Gasteiger partial charge in [-0.05, 0) is 37.1 Å². The number of carbonyl (C=O) groups excluding carboxylic acids is 1. The lowest BCUT2D eigenvalue weighted by Gasteiger charge is -2.25. The monoisotopic (exact) mass is 326 g/mol. The van der Waals surface area contributed by atoms with E-state index >= 15 is 0 Å². The van der Waals surface area contributed by atoms with E-state index < -0.39 is 28.4 Å². The first kappa shape index (κ1) is 16.4. The van der Waals surface area contributed by atoms with Crippen molar-refractivity contribution in [2.75, 3.05) is 19.6 Å². The molecule has 2 rings (SSSR count). The number of nitrogens with one attached hydrogen (secondary N) is 1. The van der Waals surface area contributed by atoms with E-state index in [1.165, 1.54) is 28.6 Å². The van der Waals surface area contributed by atoms with Crippen LogP contribution in [0.4, 0.5) is 0 Å². The van der Waals surface area contributed by atoms with Gasteiger partial charge < -0.3 is 10.4 Å². The average Bonchev–Trinajstić information content (AvgIpc) is 2.53. The van der Waals surface area contributed by atoms with Crippen LogP contribution in [0, 0.1) is 0 Å². The smallest absolute Gasteiger partial charge is 0.322 e. The van der Waals surface area contributed by atoms with E-state index in [1.54, 1.807) is 0 Å². The molecule has 0 unspecified atom stereocenters. The Labute approximate surface area is 129 Å². The molecule has 0 bridgehead atoms. The highest BCUT2D eigenvalue weighted by Gasteiger charge is 2.25. The standard InChI is InChI=1S/C14H18N2O5S/c17-13(18)10-15-14(19)11-4-6-12(7-5-11)22(20,21)16-8-2-1-3-9-16/h4-7H,1-3,8-10H2,(H,15,19)(H,17,18). The van der Waals surface area contributed by atoms with Crippen LogP contribution in [0.2, 0.25) is 0 Å². The number of aliphatic carboxylic acids is 1. The molecule has 1 aromatic rings. The Bertz CT molecular complexity index is 648. The molecule has 7 nitrogen and oxygen atoms in total. The lowest BCUT2D eigenvalue weighted by atomic mass is 10.2. The summed E-state index contributed by atoms with van der Waals surface area (Å²) in [5, 5.41) is 10.7. The van der Waals surface area contributed by atoms with E-state index in [-0.39, 0.29) is 10.5 Å². The molecule has 1 heterocycles. The molecule has 0 aliphatic carbocycles. The predicted octanol–water partition coefficient (Wildman–Crippen LogP) is 0.676. The molecule has 1 saturated heterocycles. The number of amides is 1. The van der Waals surface area contributed by atoms with E-state index in [9.17, 15) is 18.0 Å². The number of hydrogen-bond donors (Lipinski definition) is 2. The van der Waals surface area contributed by atoms with Crippen molar-refractivity contribution in [3.8, 4) is 0 Å². The second-order valence-corrected chi connectivity index (χ2v) is 7.00. The van der Waals surface area contributed by atoms with Crippen LogP contribution in [-0.2, 0) is 14.8 Å². The zero-order valence-corrected chi connectivity index (χ0v) is 12.8. The number of hydrogen-bond acceptors (Lipinski definition) is 4. The predicted molar refractivity (Wildman–Crippen MR) is 79.0 cm³/mol. The molecule has 1 aliphatic heterocycles. The SMILES string of the molecule is O=C(O)CNC(=O)c1ccc(S(=O)(=O)N2CCCCC2)cc1. The Hall–Kier alpha value is -1.93. The quantitative estimate of drug-likeness (QED) is 0.828. The molecule has 1 amide bonds. The summed E-state index contributed by atoms with van der Waals surface area (Å²) in [6.07, 6.45) is 2.75. The Morgan fingerprint density at radius 3 is 2.23 bits per heavy atom. The van der Waals surface area contributed by atoms with Gasteiger partial charge in [0.25, 0.3) is 5.91 Å². The van der Waals surface area contributed by atoms with Gasteiger partial charge in [0, 0.05) is 18.7 Å². The van der Waals surface area contributed by atoms with Crippen LogP contribution in [-0.4, -0.2) is 49.3 Å². The molecule has 120 valence electrons. The molecule has 0 aromatic heterocycles. The topological polar surface area (TPSA) is 104 Å². The van der Waals surface area contributed by atoms with Crippen LogP contribution >= 0.6 is 0 Å². The van der Waals surface area contributed by atoms with Gasteiger partial charge in [-0.25, -0.2) is 8.42 Å². The molecule has 2 N–H and O–H groups in total. The van der Waals surface area contributed by atoms with E-state index in [2.05, 4.69) is 5.32 Å². The summed E-state index contributed by atoms with van der Waals surface area (Å²) < 4.78 is 26.3. The first-order chi connectivity index (χ1) is 10.4. The van der Waals surface area contributed by atoms with Crippen LogP contribution in [0.15, 0.2) is 29.2 Å². The van der Waals surface area contributed by atoms with Gasteiger partial charge in [-0.3, -0.25) is 9.59 Å². The minimum absolute atomic E-state index is 0.143. The number of piperidine rings is 1. The van der Waals surface area contributed by atoms with E-state index in [0.717, 1.165) is 19.3 Å². The summed E-state index contributed by atoms with van der Waals surface area (Å²) >= 11 is 0. The highest BCUT2D eigenvalue weighted by Crippen LogP contribution is 2.20. The second kappa shape index (κ2) is 6.89. The van der Waals surface area contributed by atoms with E-state index in [0.29, 0.717) is 13.1 Å². The van der Waals surface area contributed by atoms with Gasteiger partial charge in [-0.1, -0.05) is 6.42 Å². The minimum atomic E-state index is -3.52. The number of carbonyl (C=O) groups is 2. The summed E-state index contributed by atoms with van der Waals surface area (Å²) in [7, 11) is -3.52. The van der Waals surface area contributed by atoms with Gasteiger partial charge in [0.15, 0.2) is 0 Å². The number of rotatable bonds is 5. The lowest BCUT2D eigenvalue weighted by Crippen LogP contribution is -2.35. The Kier molecular flexibility index (Phi) is 5.15. The molecule has 8 heteroatoms. The van der Waals surface area contributed by atoms with Crippen molar-refractivity contribution in [3.63, 3.8) is 0 Å². The molecular formula is C14H18N2O5S. The number of benzene rings is 1. The fourth-order valence-electron chi connectivity index (χ4n) is 2.29. The van der Waals surface area contributed by atoms with Crippen LogP contribution < -0.4 is 5.32 Å². The summed E-state index contributed by atoms with van der Waals surface area (Å²) in [5.41, 5.74) is 0.221. The van der Waals surface area contributed by atoms with Crippen molar-refractivity contribution < 1.29 is 23.1 Å². The van der Waals surface area contributed by atoms with Gasteiger partial charge in [0.05, 0.1) is 4.90 Å². The van der Waals surface area contributed by atoms with Crippen molar-refractivity contribution in [2.24, 2.45) is 0 Å². The van der Waals surface area contributed by atoms with Crippen molar-refractivity contribution in [1.82, 2.24) is 9.62 Å². The van der Waals surface area contributed by atoms with Crippen molar-refractivity contribution >= 4 is 21.9 Å². The van der Waals surface area contributed by atoms with Gasteiger partial charge in [-0.2, -0.15) is 4.31 Å². The zero-order valence-electron chi connectivity index (χ0n) is 12.0. The van der Waals surface area contributed by atoms with Gasteiger partial charge in [0.1, 0.15) is 6.54 Å². The summed E-state index contributed by atoms with van der Waals surface area (Å²) in [4.78, 5) is 22.2. The highest BCUT2D eigenvalue weighted by molar-refractivity contribution is 7.89. The number of carboxylic acid groups (broad SMARTS) is 1. The zero-order chi connectivity index (χ0) is 16.2. The molecule has 0 saturated carbocycles. The number of carboxylic acids is 1. The third-order valence-electron chi connectivity index (χ3n) is 3.47. The van der Waals surface area contributed by atoms with Gasteiger partial charge >= 0.3 is 5.97 Å². The molecule has 0 spiro atoms. The molecule has 0 atom stereocenters. The number of nitrogens with zero attached hydrogens (tertiary/aromatic N) is 1. The van der Waals surface area contributed by atoms with Crippen LogP contribution in [0.5, 0.6) is 0 Å². The van der Waals surface area contributed by atoms with Gasteiger partial charge in [0.2, 0.25) is 10.0 Å². The Morgan fingerprint density at radius 2 is 1.68 bits per heavy atom. The minimum Gasteiger partial charge on any atom is -0.480 e. The lowest BCUT2D eigenvalue weighted by molar-refractivity contribution is -0.135. The van der Waals surface area contributed by atoms with E-state index in [4.69, 9.17) is 5.11 Å². The van der Waals surface area contributed by atoms with Crippen LogP contribution in [0.25, 0.3) is 0 Å². The van der Waals surface area contributed by atoms with Crippen molar-refractivity contribution in [1.29, 1.82) is 0 Å². The Morgan fingerprint density at radius 1 is 1.09 bits per heavy atom. The van der Waals surface area contributed by atoms with Crippen LogP contribution in [0.3, 0.4) is 0 Å². The van der Waals surface area contributed by atoms with Crippen molar-refractivity contribution in [2.45, 2.75) is 24.2 Å². The maximum absolute atomic E-state index is 12.4. The maximum atomic E-state index is 12.4. The number of sulfonamides is 1. The highest BCUT2D eigenvalue weighted by atomic mass is 32.2. The molecule has 0 radical (unpaired) electrons. The third-order valence-corrected chi connectivity index (χ3v) is 5.38. The summed E-state index contributed by atoms with van der Waals surface area (Å²) in [6.45, 7) is 0.555. The van der Waals surface area contributed by atoms with E-state index in [1.807, 2.05) is 0 Å². The molecule has 1 fully saturated rings. The van der Waals surface area contributed by atoms with Crippen molar-refractivity contribution in [3.05, 3.63) is 29.8 Å². The van der Waals surface area contributed by atoms with Crippen LogP contribution in [0.1, 0.15) is 29.6 Å². The summed E-state index contributed by atoms with van der Waals surface area (Å²) in [5.74, 6) is -1.69. The fourth-order valence-corrected chi connectivity index (χ4v) is 3.81.